The Labute approximate surface area is 189 Å². The van der Waals surface area contributed by atoms with Crippen molar-refractivity contribution in [3.8, 4) is 5.75 Å². The zero-order valence-corrected chi connectivity index (χ0v) is 18.3. The zero-order chi connectivity index (χ0) is 24.0. The van der Waals surface area contributed by atoms with Crippen LogP contribution in [0.4, 0.5) is 0 Å². The van der Waals surface area contributed by atoms with E-state index in [2.05, 4.69) is 10.6 Å². The Bertz CT molecular complexity index is 1220. The fourth-order valence-corrected chi connectivity index (χ4v) is 3.35. The minimum Gasteiger partial charge on any atom is -0.491 e. The van der Waals surface area contributed by atoms with Gasteiger partial charge in [0.1, 0.15) is 30.0 Å². The minimum atomic E-state index is -1.08. The summed E-state index contributed by atoms with van der Waals surface area (Å²) < 4.78 is 10.9. The van der Waals surface area contributed by atoms with Gasteiger partial charge in [-0.2, -0.15) is 0 Å². The largest absolute Gasteiger partial charge is 0.491 e. The number of carbonyl (C=O) groups is 3. The number of hydrogen-bond donors (Lipinski definition) is 3. The lowest BCUT2D eigenvalue weighted by Gasteiger charge is -2.22. The van der Waals surface area contributed by atoms with E-state index in [1.165, 1.54) is 19.1 Å². The molecule has 0 saturated heterocycles. The second-order valence-electron chi connectivity index (χ2n) is 7.62. The Balaban J connectivity index is 1.72. The average Bonchev–Trinajstić information content (AvgIpc) is 2.76. The first-order valence-electron chi connectivity index (χ1n) is 10.3. The van der Waals surface area contributed by atoms with Crippen molar-refractivity contribution < 1.29 is 23.5 Å². The van der Waals surface area contributed by atoms with Crippen molar-refractivity contribution in [2.45, 2.75) is 32.4 Å². The summed E-state index contributed by atoms with van der Waals surface area (Å²) in [6, 6.07) is 13.4. The highest BCUT2D eigenvalue weighted by atomic mass is 16.5. The molecule has 0 saturated carbocycles. The molecular formula is C24H25N3O6. The third kappa shape index (κ3) is 6.42. The molecule has 1 aromatic heterocycles. The third-order valence-corrected chi connectivity index (χ3v) is 4.98. The number of ether oxygens (including phenoxy) is 1. The van der Waals surface area contributed by atoms with Gasteiger partial charge in [0.2, 0.25) is 17.7 Å². The molecule has 3 rings (SSSR count). The van der Waals surface area contributed by atoms with E-state index in [-0.39, 0.29) is 13.0 Å². The summed E-state index contributed by atoms with van der Waals surface area (Å²) in [6.07, 6.45) is 0.207. The van der Waals surface area contributed by atoms with E-state index in [1.807, 2.05) is 30.3 Å². The molecule has 2 aromatic carbocycles. The molecule has 3 amide bonds. The van der Waals surface area contributed by atoms with Crippen molar-refractivity contribution in [1.82, 2.24) is 10.6 Å². The maximum Gasteiger partial charge on any atom is 0.336 e. The maximum absolute atomic E-state index is 12.8. The highest BCUT2D eigenvalue weighted by Gasteiger charge is 2.26. The molecule has 0 fully saturated rings. The van der Waals surface area contributed by atoms with Gasteiger partial charge in [0, 0.05) is 30.9 Å². The Morgan fingerprint density at radius 2 is 1.76 bits per heavy atom. The number of nitrogens with one attached hydrogen (secondary N) is 2. The van der Waals surface area contributed by atoms with Gasteiger partial charge in [-0.15, -0.1) is 0 Å². The summed E-state index contributed by atoms with van der Waals surface area (Å²) in [7, 11) is 0. The Morgan fingerprint density at radius 3 is 2.42 bits per heavy atom. The van der Waals surface area contributed by atoms with E-state index < -0.39 is 35.4 Å². The molecule has 4 N–H and O–H groups in total. The lowest BCUT2D eigenvalue weighted by molar-refractivity contribution is -0.131. The number of aryl methyl sites for hydroxylation is 1. The second-order valence-corrected chi connectivity index (χ2v) is 7.62. The first-order chi connectivity index (χ1) is 15.7. The minimum absolute atomic E-state index is 0.207. The van der Waals surface area contributed by atoms with Gasteiger partial charge < -0.3 is 25.5 Å². The molecule has 0 unspecified atom stereocenters. The van der Waals surface area contributed by atoms with Crippen molar-refractivity contribution in [2.24, 2.45) is 5.73 Å². The van der Waals surface area contributed by atoms with E-state index >= 15 is 0 Å². The van der Waals surface area contributed by atoms with E-state index in [0.29, 0.717) is 11.3 Å². The fraction of sp³-hybridized carbons (Fsp3) is 0.250. The highest BCUT2D eigenvalue weighted by Crippen LogP contribution is 2.22. The zero-order valence-electron chi connectivity index (χ0n) is 18.3. The number of nitrogens with two attached hydrogens (primary N) is 1. The summed E-state index contributed by atoms with van der Waals surface area (Å²) in [5, 5.41) is 5.85. The topological polar surface area (TPSA) is 141 Å². The van der Waals surface area contributed by atoms with Crippen LogP contribution >= 0.6 is 0 Å². The lowest BCUT2D eigenvalue weighted by Crippen LogP contribution is -2.55. The standard InChI is InChI=1S/C24H25N3O6/c1-14-10-22(29)33-21-12-17(8-9-18(14)21)32-13-20(26-15(2)28)24(31)27-19(23(25)30)11-16-6-4-3-5-7-16/h3-10,12,19-20H,11,13H2,1-2H3,(H2,25,30)(H,26,28)(H,27,31)/t19-,20-/m0/s1. The van der Waals surface area contributed by atoms with E-state index in [0.717, 1.165) is 16.5 Å². The fourth-order valence-electron chi connectivity index (χ4n) is 3.35. The number of carbonyl (C=O) groups excluding carboxylic acids is 3. The second kappa shape index (κ2) is 10.4. The predicted molar refractivity (Wildman–Crippen MR) is 122 cm³/mol. The summed E-state index contributed by atoms with van der Waals surface area (Å²) in [4.78, 5) is 48.0. The molecule has 2 atom stereocenters. The van der Waals surface area contributed by atoms with Gasteiger partial charge in [-0.1, -0.05) is 30.3 Å². The third-order valence-electron chi connectivity index (χ3n) is 4.98. The van der Waals surface area contributed by atoms with Crippen LogP contribution in [0, 0.1) is 6.92 Å². The first kappa shape index (κ1) is 23.5. The molecule has 172 valence electrons. The average molecular weight is 451 g/mol. The van der Waals surface area contributed by atoms with Crippen LogP contribution in [0.2, 0.25) is 0 Å². The normalized spacial score (nSPS) is 12.5. The van der Waals surface area contributed by atoms with Crippen LogP contribution < -0.4 is 26.7 Å². The molecule has 9 nitrogen and oxygen atoms in total. The van der Waals surface area contributed by atoms with Crippen LogP contribution in [0.15, 0.2) is 63.8 Å². The number of fused-ring (bicyclic) bond motifs is 1. The quantitative estimate of drug-likeness (QED) is 0.418. The predicted octanol–water partition coefficient (Wildman–Crippen LogP) is 1.20. The molecule has 0 radical (unpaired) electrons. The van der Waals surface area contributed by atoms with Crippen molar-refractivity contribution in [3.63, 3.8) is 0 Å². The van der Waals surface area contributed by atoms with Crippen LogP contribution in [0.25, 0.3) is 11.0 Å². The number of rotatable bonds is 9. The molecule has 1 heterocycles. The molecule has 33 heavy (non-hydrogen) atoms. The van der Waals surface area contributed by atoms with Crippen LogP contribution in [0.5, 0.6) is 5.75 Å². The van der Waals surface area contributed by atoms with Gasteiger partial charge in [-0.25, -0.2) is 4.79 Å². The molecule has 3 aromatic rings. The molecule has 0 spiro atoms. The summed E-state index contributed by atoms with van der Waals surface area (Å²) >= 11 is 0. The van der Waals surface area contributed by atoms with Crippen molar-refractivity contribution in [1.29, 1.82) is 0 Å². The molecular weight excluding hydrogens is 426 g/mol. The van der Waals surface area contributed by atoms with Gasteiger partial charge in [-0.05, 0) is 30.2 Å². The van der Waals surface area contributed by atoms with Gasteiger partial charge in [0.25, 0.3) is 0 Å². The SMILES string of the molecule is CC(=O)N[C@@H](COc1ccc2c(C)cc(=O)oc2c1)C(=O)N[C@@H](Cc1ccccc1)C(N)=O. The number of benzene rings is 2. The van der Waals surface area contributed by atoms with Gasteiger partial charge in [0.05, 0.1) is 0 Å². The molecule has 0 bridgehead atoms. The molecule has 9 heteroatoms. The summed E-state index contributed by atoms with van der Waals surface area (Å²) in [5.41, 5.74) is 6.91. The van der Waals surface area contributed by atoms with Crippen LogP contribution in [-0.2, 0) is 20.8 Å². The first-order valence-corrected chi connectivity index (χ1v) is 10.3. The summed E-state index contributed by atoms with van der Waals surface area (Å²) in [6.45, 7) is 2.84. The monoisotopic (exact) mass is 451 g/mol. The van der Waals surface area contributed by atoms with E-state index in [4.69, 9.17) is 14.9 Å². The maximum atomic E-state index is 12.8. The van der Waals surface area contributed by atoms with Crippen LogP contribution in [0.1, 0.15) is 18.1 Å². The number of primary amides is 1. The van der Waals surface area contributed by atoms with Crippen LogP contribution in [-0.4, -0.2) is 36.4 Å². The number of hydrogen-bond acceptors (Lipinski definition) is 6. The van der Waals surface area contributed by atoms with Crippen molar-refractivity contribution >= 4 is 28.7 Å². The Kier molecular flexibility index (Phi) is 7.45. The Morgan fingerprint density at radius 1 is 1.03 bits per heavy atom. The van der Waals surface area contributed by atoms with E-state index in [9.17, 15) is 19.2 Å². The van der Waals surface area contributed by atoms with E-state index in [1.54, 1.807) is 19.1 Å². The highest BCUT2D eigenvalue weighted by molar-refractivity contribution is 5.91. The smallest absolute Gasteiger partial charge is 0.336 e. The molecule has 0 aliphatic rings. The molecule has 0 aliphatic heterocycles. The number of amides is 3. The Hall–Kier alpha value is -4.14. The lowest BCUT2D eigenvalue weighted by atomic mass is 10.1. The van der Waals surface area contributed by atoms with Crippen molar-refractivity contribution in [3.05, 3.63) is 76.1 Å². The van der Waals surface area contributed by atoms with Crippen molar-refractivity contribution in [2.75, 3.05) is 6.61 Å². The van der Waals surface area contributed by atoms with Gasteiger partial charge in [-0.3, -0.25) is 14.4 Å². The van der Waals surface area contributed by atoms with Gasteiger partial charge in [0.15, 0.2) is 0 Å². The summed E-state index contributed by atoms with van der Waals surface area (Å²) in [5.74, 6) is -1.42. The van der Waals surface area contributed by atoms with Gasteiger partial charge >= 0.3 is 5.63 Å². The van der Waals surface area contributed by atoms with Crippen LogP contribution in [0.3, 0.4) is 0 Å². The molecule has 0 aliphatic carbocycles.